The van der Waals surface area contributed by atoms with Crippen molar-refractivity contribution in [1.82, 2.24) is 9.97 Å². The summed E-state index contributed by atoms with van der Waals surface area (Å²) in [5.41, 5.74) is 18.5. The molecule has 9 heteroatoms. The summed E-state index contributed by atoms with van der Waals surface area (Å²) in [4.78, 5) is 8.13. The normalized spacial score (nSPS) is 9.70. The maximum atomic E-state index is 7.27. The Kier molecular flexibility index (Phi) is 9.81. The molecule has 0 aliphatic carbocycles. The summed E-state index contributed by atoms with van der Waals surface area (Å²) in [5, 5.41) is 4.54. The standard InChI is InChI=1S/2C9H7N2S.2ClH.Pt/c2*10-9-11-8(6-12-9)7-4-2-1-3-5-7;;;/h2*1-6H,(H-,10,11);2*1H;/q2*-1;;;+4/p-2. The van der Waals surface area contributed by atoms with Gasteiger partial charge in [-0.15, -0.1) is 0 Å². The number of halogens is 2. The van der Waals surface area contributed by atoms with Crippen molar-refractivity contribution in [3.05, 3.63) is 82.9 Å². The molecule has 27 heavy (non-hydrogen) atoms. The van der Waals surface area contributed by atoms with E-state index in [2.05, 4.69) is 9.97 Å². The molecule has 4 aromatic rings. The zero-order valence-electron chi connectivity index (χ0n) is 13.7. The third-order valence-corrected chi connectivity index (χ3v) is 4.46. The number of nitrogens with one attached hydrogen (secondary N) is 2. The average molecular weight is 616 g/mol. The van der Waals surface area contributed by atoms with Crippen molar-refractivity contribution in [1.29, 1.82) is 0 Å². The molecule has 0 bridgehead atoms. The summed E-state index contributed by atoms with van der Waals surface area (Å²) < 4.78 is 0. The number of hydrogen-bond acceptors (Lipinski definition) is 4. The van der Waals surface area contributed by atoms with Crippen LogP contribution in [0.2, 0.25) is 0 Å². The van der Waals surface area contributed by atoms with Crippen LogP contribution in [0.1, 0.15) is 0 Å². The largest absolute Gasteiger partial charge is 0.473 e. The molecule has 142 valence electrons. The van der Waals surface area contributed by atoms with E-state index in [-0.39, 0.29) is 0 Å². The third kappa shape index (κ3) is 7.60. The molecule has 0 saturated carbocycles. The van der Waals surface area contributed by atoms with Gasteiger partial charge in [0, 0.05) is 0 Å². The fourth-order valence-electron chi connectivity index (χ4n) is 2.03. The van der Waals surface area contributed by atoms with E-state index >= 15 is 0 Å². The van der Waals surface area contributed by atoms with Crippen molar-refractivity contribution in [2.45, 2.75) is 0 Å². The summed E-state index contributed by atoms with van der Waals surface area (Å²) in [6.45, 7) is 0. The molecule has 0 spiro atoms. The molecule has 2 heterocycles. The number of benzene rings is 2. The number of aromatic nitrogens is 2. The topological polar surface area (TPSA) is 73.4 Å². The fourth-order valence-corrected chi connectivity index (χ4v) is 3.16. The van der Waals surface area contributed by atoms with Crippen LogP contribution in [0.15, 0.2) is 71.4 Å². The Morgan fingerprint density at radius 3 is 1.26 bits per heavy atom. The second kappa shape index (κ2) is 12.1. The van der Waals surface area contributed by atoms with E-state index in [0.717, 1.165) is 22.5 Å². The second-order valence-electron chi connectivity index (χ2n) is 4.85. The van der Waals surface area contributed by atoms with Gasteiger partial charge in [0.2, 0.25) is 0 Å². The first kappa shape index (κ1) is 21.9. The minimum Gasteiger partial charge on any atom is -0.473 e. The number of thiazole rings is 2. The summed E-state index contributed by atoms with van der Waals surface area (Å²) >= 11 is 2.24. The van der Waals surface area contributed by atoms with Gasteiger partial charge >= 0.3 is 35.3 Å². The van der Waals surface area contributed by atoms with Crippen molar-refractivity contribution in [3.63, 3.8) is 0 Å². The minimum absolute atomic E-state index is 0.369. The molecule has 2 N–H and O–H groups in total. The fraction of sp³-hybridized carbons (Fsp3) is 0. The maximum Gasteiger partial charge on any atom is -0.00566 e. The van der Waals surface area contributed by atoms with Gasteiger partial charge in [0.15, 0.2) is 0 Å². The van der Waals surface area contributed by atoms with Crippen LogP contribution < -0.4 is 0 Å². The second-order valence-corrected chi connectivity index (χ2v) is 9.85. The predicted octanol–water partition coefficient (Wildman–Crippen LogP) is 8.36. The Bertz CT molecular complexity index is 842. The molecular formula is C18H14Cl2N4PtS2. The van der Waals surface area contributed by atoms with Crippen LogP contribution >= 0.6 is 41.5 Å². The first-order chi connectivity index (χ1) is 13.1. The molecule has 2 aromatic heterocycles. The molecule has 0 fully saturated rings. The monoisotopic (exact) mass is 615 g/mol. The van der Waals surface area contributed by atoms with Crippen LogP contribution in [0.25, 0.3) is 34.0 Å². The maximum absolute atomic E-state index is 7.27. The number of nitrogens with zero attached hydrogens (tertiary/aromatic N) is 2. The zero-order chi connectivity index (χ0) is 19.5. The van der Waals surface area contributed by atoms with Gasteiger partial charge in [0.05, 0.1) is 0 Å². The molecule has 0 unspecified atom stereocenters. The molecule has 0 amide bonds. The van der Waals surface area contributed by atoms with Gasteiger partial charge in [0.25, 0.3) is 0 Å². The molecule has 0 atom stereocenters. The van der Waals surface area contributed by atoms with Crippen LogP contribution in [-0.4, -0.2) is 9.97 Å². The SMILES string of the molecule is [Cl][Pt+2][Cl].[NH-]c1nc(-c2ccccc2)cs1.[NH-]c1nc(-c2ccccc2)cs1. The van der Waals surface area contributed by atoms with Crippen molar-refractivity contribution < 1.29 is 16.5 Å². The van der Waals surface area contributed by atoms with Crippen LogP contribution in [0.4, 0.5) is 10.3 Å². The predicted molar refractivity (Wildman–Crippen MR) is 115 cm³/mol. The summed E-state index contributed by atoms with van der Waals surface area (Å²) in [6, 6.07) is 19.8. The molecule has 4 nitrogen and oxygen atoms in total. The van der Waals surface area contributed by atoms with Crippen LogP contribution in [-0.2, 0) is 16.5 Å². The van der Waals surface area contributed by atoms with Crippen molar-refractivity contribution >= 4 is 51.8 Å². The van der Waals surface area contributed by atoms with Gasteiger partial charge in [-0.3, -0.25) is 0 Å². The molecule has 0 aliphatic rings. The zero-order valence-corrected chi connectivity index (χ0v) is 19.1. The van der Waals surface area contributed by atoms with Crippen LogP contribution in [0, 0.1) is 0 Å². The minimum atomic E-state index is -0.472. The Hall–Kier alpha value is -1.43. The van der Waals surface area contributed by atoms with E-state index in [9.17, 15) is 0 Å². The molecule has 4 rings (SSSR count). The summed E-state index contributed by atoms with van der Waals surface area (Å²) in [7, 11) is 9.75. The first-order valence-corrected chi connectivity index (χ1v) is 14.8. The average Bonchev–Trinajstić information content (AvgIpc) is 3.33. The third-order valence-electron chi connectivity index (χ3n) is 3.15. The smallest absolute Gasteiger partial charge is 0.00566 e. The van der Waals surface area contributed by atoms with Gasteiger partial charge < -0.3 is 21.4 Å². The van der Waals surface area contributed by atoms with E-state index in [1.165, 1.54) is 22.7 Å². The van der Waals surface area contributed by atoms with Crippen molar-refractivity contribution in [2.75, 3.05) is 0 Å². The van der Waals surface area contributed by atoms with E-state index < -0.39 is 16.5 Å². The molecule has 0 saturated heterocycles. The van der Waals surface area contributed by atoms with Gasteiger partial charge in [-0.2, -0.15) is 22.7 Å². The van der Waals surface area contributed by atoms with Gasteiger partial charge in [-0.1, -0.05) is 60.7 Å². The Labute approximate surface area is 182 Å². The molecular weight excluding hydrogens is 602 g/mol. The van der Waals surface area contributed by atoms with Gasteiger partial charge in [0.1, 0.15) is 0 Å². The molecule has 0 radical (unpaired) electrons. The van der Waals surface area contributed by atoms with Crippen LogP contribution in [0.3, 0.4) is 0 Å². The Morgan fingerprint density at radius 2 is 1.00 bits per heavy atom. The van der Waals surface area contributed by atoms with E-state index in [0.29, 0.717) is 10.3 Å². The molecule has 2 aromatic carbocycles. The quantitative estimate of drug-likeness (QED) is 0.227. The first-order valence-electron chi connectivity index (χ1n) is 7.41. The van der Waals surface area contributed by atoms with E-state index in [1.54, 1.807) is 0 Å². The van der Waals surface area contributed by atoms with Gasteiger partial charge in [-0.05, 0) is 43.5 Å². The Morgan fingerprint density at radius 1 is 0.667 bits per heavy atom. The van der Waals surface area contributed by atoms with E-state index in [1.807, 2.05) is 71.4 Å². The van der Waals surface area contributed by atoms with E-state index in [4.69, 9.17) is 30.3 Å². The van der Waals surface area contributed by atoms with Crippen LogP contribution in [0.5, 0.6) is 0 Å². The summed E-state index contributed by atoms with van der Waals surface area (Å²) in [5.74, 6) is 0. The Balaban J connectivity index is 0.000000170. The van der Waals surface area contributed by atoms with Crippen molar-refractivity contribution in [3.8, 4) is 22.5 Å². The number of hydrogen-bond donors (Lipinski definition) is 0. The van der Waals surface area contributed by atoms with Crippen molar-refractivity contribution in [2.24, 2.45) is 0 Å². The van der Waals surface area contributed by atoms with Gasteiger partial charge in [-0.25, -0.2) is 0 Å². The number of rotatable bonds is 2. The molecule has 0 aliphatic heterocycles. The summed E-state index contributed by atoms with van der Waals surface area (Å²) in [6.07, 6.45) is 0.